The van der Waals surface area contributed by atoms with E-state index in [1.165, 1.54) is 18.4 Å². The summed E-state index contributed by atoms with van der Waals surface area (Å²) in [4.78, 5) is 0. The molecule has 3 rings (SSSR count). The number of hydrogen-bond acceptors (Lipinski definition) is 2. The molecule has 1 fully saturated rings. The minimum Gasteiger partial charge on any atom is -0.493 e. The highest BCUT2D eigenvalue weighted by Gasteiger charge is 2.42. The van der Waals surface area contributed by atoms with Crippen molar-refractivity contribution in [2.24, 2.45) is 5.41 Å². The average Bonchev–Trinajstić information content (AvgIpc) is 3.34. The molecule has 0 bridgehead atoms. The van der Waals surface area contributed by atoms with Crippen molar-refractivity contribution < 1.29 is 9.47 Å². The van der Waals surface area contributed by atoms with E-state index in [1.54, 1.807) is 0 Å². The van der Waals surface area contributed by atoms with E-state index >= 15 is 0 Å². The highest BCUT2D eigenvalue weighted by Crippen LogP contribution is 2.47. The number of benzene rings is 2. The second-order valence-electron chi connectivity index (χ2n) is 5.67. The molecule has 0 saturated heterocycles. The maximum Gasteiger partial charge on any atom is 0.120 e. The van der Waals surface area contributed by atoms with Gasteiger partial charge in [-0.25, -0.2) is 0 Å². The average molecular weight is 347 g/mol. The zero-order valence-electron chi connectivity index (χ0n) is 11.9. The van der Waals surface area contributed by atoms with Crippen molar-refractivity contribution in [1.82, 2.24) is 0 Å². The van der Waals surface area contributed by atoms with Gasteiger partial charge in [0.05, 0.1) is 6.61 Å². The minimum atomic E-state index is 0.377. The Labute approximate surface area is 134 Å². The highest BCUT2D eigenvalue weighted by molar-refractivity contribution is 9.09. The van der Waals surface area contributed by atoms with Crippen molar-refractivity contribution in [3.63, 3.8) is 0 Å². The van der Waals surface area contributed by atoms with Crippen LogP contribution in [-0.2, 0) is 6.61 Å². The Bertz CT molecular complexity index is 562. The monoisotopic (exact) mass is 346 g/mol. The van der Waals surface area contributed by atoms with E-state index < -0.39 is 0 Å². The number of rotatable bonds is 7. The molecule has 2 aromatic rings. The normalized spacial score (nSPS) is 15.5. The predicted octanol–water partition coefficient (Wildman–Crippen LogP) is 4.82. The van der Waals surface area contributed by atoms with Gasteiger partial charge < -0.3 is 9.47 Å². The molecule has 3 heteroatoms. The van der Waals surface area contributed by atoms with Crippen molar-refractivity contribution in [3.05, 3.63) is 60.2 Å². The Morgan fingerprint density at radius 2 is 1.48 bits per heavy atom. The molecule has 0 amide bonds. The van der Waals surface area contributed by atoms with E-state index in [1.807, 2.05) is 42.5 Å². The van der Waals surface area contributed by atoms with Gasteiger partial charge in [-0.05, 0) is 42.7 Å². The molecule has 110 valence electrons. The van der Waals surface area contributed by atoms with Gasteiger partial charge >= 0.3 is 0 Å². The third-order valence-corrected chi connectivity index (χ3v) is 5.05. The Hall–Kier alpha value is -1.48. The number of alkyl halides is 1. The molecule has 0 unspecified atom stereocenters. The lowest BCUT2D eigenvalue weighted by atomic mass is 10.2. The summed E-state index contributed by atoms with van der Waals surface area (Å²) in [5.74, 6) is 1.78. The van der Waals surface area contributed by atoms with Crippen LogP contribution in [0.2, 0.25) is 0 Å². The molecule has 0 aromatic heterocycles. The largest absolute Gasteiger partial charge is 0.493 e. The van der Waals surface area contributed by atoms with E-state index in [-0.39, 0.29) is 0 Å². The Morgan fingerprint density at radius 3 is 2.05 bits per heavy atom. The second kappa shape index (κ2) is 6.52. The molecule has 1 aliphatic rings. The van der Waals surface area contributed by atoms with Gasteiger partial charge in [-0.15, -0.1) is 0 Å². The van der Waals surface area contributed by atoms with Crippen molar-refractivity contribution in [2.45, 2.75) is 19.4 Å². The van der Waals surface area contributed by atoms with Gasteiger partial charge in [-0.3, -0.25) is 0 Å². The summed E-state index contributed by atoms with van der Waals surface area (Å²) in [6.45, 7) is 1.39. The smallest absolute Gasteiger partial charge is 0.120 e. The fourth-order valence-corrected chi connectivity index (χ4v) is 2.83. The number of hydrogen-bond donors (Lipinski definition) is 0. The lowest BCUT2D eigenvalue weighted by Crippen LogP contribution is -2.14. The molecule has 1 saturated carbocycles. The first kappa shape index (κ1) is 14.5. The molecule has 0 heterocycles. The zero-order valence-corrected chi connectivity index (χ0v) is 13.5. The van der Waals surface area contributed by atoms with Crippen LogP contribution in [-0.4, -0.2) is 11.9 Å². The maximum absolute atomic E-state index is 5.86. The molecule has 2 aromatic carbocycles. The molecule has 0 radical (unpaired) electrons. The molecule has 0 N–H and O–H groups in total. The van der Waals surface area contributed by atoms with Gasteiger partial charge in [-0.1, -0.05) is 46.3 Å². The van der Waals surface area contributed by atoms with Crippen LogP contribution in [0.5, 0.6) is 11.5 Å². The van der Waals surface area contributed by atoms with Gasteiger partial charge in [0.15, 0.2) is 0 Å². The van der Waals surface area contributed by atoms with Crippen molar-refractivity contribution in [3.8, 4) is 11.5 Å². The standard InChI is InChI=1S/C18H19BrO2/c19-13-18(10-11-18)14-21-17-8-6-16(7-9-17)20-12-15-4-2-1-3-5-15/h1-9H,10-14H2. The van der Waals surface area contributed by atoms with E-state index in [4.69, 9.17) is 9.47 Å². The van der Waals surface area contributed by atoms with E-state index in [0.717, 1.165) is 23.4 Å². The third-order valence-electron chi connectivity index (χ3n) is 3.86. The third kappa shape index (κ3) is 4.01. The minimum absolute atomic E-state index is 0.377. The molecule has 0 atom stereocenters. The van der Waals surface area contributed by atoms with Crippen LogP contribution in [0.25, 0.3) is 0 Å². The van der Waals surface area contributed by atoms with Crippen LogP contribution in [0.4, 0.5) is 0 Å². The van der Waals surface area contributed by atoms with Crippen molar-refractivity contribution in [1.29, 1.82) is 0 Å². The van der Waals surface area contributed by atoms with Gasteiger partial charge in [0.1, 0.15) is 18.1 Å². The molecular weight excluding hydrogens is 328 g/mol. The molecule has 21 heavy (non-hydrogen) atoms. The van der Waals surface area contributed by atoms with E-state index in [2.05, 4.69) is 28.1 Å². The Morgan fingerprint density at radius 1 is 0.857 bits per heavy atom. The maximum atomic E-state index is 5.86. The summed E-state index contributed by atoms with van der Waals surface area (Å²) in [5, 5.41) is 1.03. The van der Waals surface area contributed by atoms with Crippen LogP contribution in [0, 0.1) is 5.41 Å². The summed E-state index contributed by atoms with van der Waals surface area (Å²) < 4.78 is 11.6. The molecule has 0 spiro atoms. The van der Waals surface area contributed by atoms with Gasteiger partial charge in [-0.2, -0.15) is 0 Å². The number of ether oxygens (including phenoxy) is 2. The topological polar surface area (TPSA) is 18.5 Å². The molecular formula is C18H19BrO2. The van der Waals surface area contributed by atoms with Gasteiger partial charge in [0.25, 0.3) is 0 Å². The van der Waals surface area contributed by atoms with E-state index in [0.29, 0.717) is 12.0 Å². The molecule has 1 aliphatic carbocycles. The summed E-state index contributed by atoms with van der Waals surface area (Å²) >= 11 is 3.56. The van der Waals surface area contributed by atoms with E-state index in [9.17, 15) is 0 Å². The first-order valence-corrected chi connectivity index (χ1v) is 8.37. The van der Waals surface area contributed by atoms with Crippen LogP contribution in [0.3, 0.4) is 0 Å². The second-order valence-corrected chi connectivity index (χ2v) is 6.23. The van der Waals surface area contributed by atoms with Crippen LogP contribution >= 0.6 is 15.9 Å². The SMILES string of the molecule is BrCC1(COc2ccc(OCc3ccccc3)cc2)CC1. The summed E-state index contributed by atoms with van der Waals surface area (Å²) in [6, 6.07) is 18.1. The van der Waals surface area contributed by atoms with Crippen molar-refractivity contribution >= 4 is 15.9 Å². The molecule has 0 aliphatic heterocycles. The summed E-state index contributed by atoms with van der Waals surface area (Å²) in [6.07, 6.45) is 2.52. The van der Waals surface area contributed by atoms with Crippen LogP contribution in [0.15, 0.2) is 54.6 Å². The lowest BCUT2D eigenvalue weighted by Gasteiger charge is -2.13. The Kier molecular flexibility index (Phi) is 4.49. The van der Waals surface area contributed by atoms with Crippen molar-refractivity contribution in [2.75, 3.05) is 11.9 Å². The quantitative estimate of drug-likeness (QED) is 0.669. The highest BCUT2D eigenvalue weighted by atomic mass is 79.9. The number of halogens is 1. The fourth-order valence-electron chi connectivity index (χ4n) is 2.10. The molecule has 2 nitrogen and oxygen atoms in total. The predicted molar refractivity (Wildman–Crippen MR) is 88.2 cm³/mol. The summed E-state index contributed by atoms with van der Waals surface area (Å²) in [5.41, 5.74) is 1.55. The van der Waals surface area contributed by atoms with Gasteiger partial charge in [0, 0.05) is 10.7 Å². The summed E-state index contributed by atoms with van der Waals surface area (Å²) in [7, 11) is 0. The van der Waals surface area contributed by atoms with Crippen LogP contribution < -0.4 is 9.47 Å². The first-order valence-electron chi connectivity index (χ1n) is 7.25. The van der Waals surface area contributed by atoms with Crippen LogP contribution in [0.1, 0.15) is 18.4 Å². The van der Waals surface area contributed by atoms with Gasteiger partial charge in [0.2, 0.25) is 0 Å². The lowest BCUT2D eigenvalue weighted by molar-refractivity contribution is 0.250. The fraction of sp³-hybridized carbons (Fsp3) is 0.333. The Balaban J connectivity index is 1.50. The zero-order chi connectivity index (χ0) is 14.5. The first-order chi connectivity index (χ1) is 10.3.